The third kappa shape index (κ3) is 2.72. The second-order valence-electron chi connectivity index (χ2n) is 4.17. The Morgan fingerprint density at radius 3 is 2.82 bits per heavy atom. The van der Waals surface area contributed by atoms with E-state index in [0.29, 0.717) is 6.04 Å². The molecular formula is C14H17NOS. The zero-order valence-electron chi connectivity index (χ0n) is 9.79. The molecule has 0 N–H and O–H groups in total. The fourth-order valence-corrected chi connectivity index (χ4v) is 3.62. The molecule has 17 heavy (non-hydrogen) atoms. The average molecular weight is 247 g/mol. The van der Waals surface area contributed by atoms with Gasteiger partial charge in [-0.15, -0.1) is 18.3 Å². The molecule has 1 saturated heterocycles. The number of allylic oxidation sites excluding steroid dienone is 1. The van der Waals surface area contributed by atoms with Crippen LogP contribution in [0, 0.1) is 0 Å². The maximum Gasteiger partial charge on any atom is 0.211 e. The van der Waals surface area contributed by atoms with Gasteiger partial charge in [0.25, 0.3) is 0 Å². The predicted molar refractivity (Wildman–Crippen MR) is 72.8 cm³/mol. The van der Waals surface area contributed by atoms with Gasteiger partial charge in [-0.2, -0.15) is 0 Å². The highest BCUT2D eigenvalue weighted by molar-refractivity contribution is 7.99. The smallest absolute Gasteiger partial charge is 0.211 e. The first-order valence-corrected chi connectivity index (χ1v) is 6.92. The number of hydrogen-bond acceptors (Lipinski definition) is 2. The number of benzene rings is 1. The summed E-state index contributed by atoms with van der Waals surface area (Å²) < 4.78 is 0. The Morgan fingerprint density at radius 1 is 1.41 bits per heavy atom. The van der Waals surface area contributed by atoms with E-state index in [1.165, 1.54) is 5.56 Å². The molecule has 0 saturated carbocycles. The van der Waals surface area contributed by atoms with Crippen molar-refractivity contribution in [3.05, 3.63) is 48.6 Å². The fourth-order valence-electron chi connectivity index (χ4n) is 2.14. The van der Waals surface area contributed by atoms with Crippen LogP contribution in [0.4, 0.5) is 0 Å². The first-order chi connectivity index (χ1) is 8.36. The molecule has 1 aromatic carbocycles. The van der Waals surface area contributed by atoms with Crippen LogP contribution in [0.15, 0.2) is 43.0 Å². The van der Waals surface area contributed by atoms with Crippen LogP contribution in [0.1, 0.15) is 23.8 Å². The van der Waals surface area contributed by atoms with Gasteiger partial charge in [0.15, 0.2) is 0 Å². The zero-order chi connectivity index (χ0) is 12.1. The van der Waals surface area contributed by atoms with Crippen LogP contribution in [0.2, 0.25) is 0 Å². The second-order valence-corrected chi connectivity index (χ2v) is 5.28. The van der Waals surface area contributed by atoms with Crippen LogP contribution < -0.4 is 0 Å². The van der Waals surface area contributed by atoms with Gasteiger partial charge in [0.05, 0.1) is 0 Å². The highest BCUT2D eigenvalue weighted by atomic mass is 32.2. The van der Waals surface area contributed by atoms with Crippen molar-refractivity contribution in [1.82, 2.24) is 4.90 Å². The van der Waals surface area contributed by atoms with E-state index in [0.717, 1.165) is 25.0 Å². The Kier molecular flexibility index (Phi) is 4.26. The lowest BCUT2D eigenvalue weighted by Gasteiger charge is -2.25. The molecule has 0 spiro atoms. The lowest BCUT2D eigenvalue weighted by molar-refractivity contribution is -0.120. The van der Waals surface area contributed by atoms with Gasteiger partial charge in [-0.3, -0.25) is 4.79 Å². The van der Waals surface area contributed by atoms with Gasteiger partial charge in [-0.25, -0.2) is 0 Å². The number of carbonyl (C=O) groups is 1. The molecule has 3 heteroatoms. The summed E-state index contributed by atoms with van der Waals surface area (Å²) >= 11 is 1.85. The SMILES string of the molecule is C=CCCC1CSC(c2ccccc2)N1C=O. The third-order valence-corrected chi connectivity index (χ3v) is 4.46. The van der Waals surface area contributed by atoms with Gasteiger partial charge in [0.2, 0.25) is 6.41 Å². The van der Waals surface area contributed by atoms with Gasteiger partial charge < -0.3 is 4.90 Å². The molecule has 1 amide bonds. The summed E-state index contributed by atoms with van der Waals surface area (Å²) in [5, 5.41) is 0.184. The minimum absolute atomic E-state index is 0.184. The van der Waals surface area contributed by atoms with E-state index in [9.17, 15) is 4.79 Å². The van der Waals surface area contributed by atoms with Crippen molar-refractivity contribution >= 4 is 18.2 Å². The zero-order valence-corrected chi connectivity index (χ0v) is 10.6. The summed E-state index contributed by atoms with van der Waals surface area (Å²) in [5.41, 5.74) is 1.21. The Hall–Kier alpha value is -1.22. The molecule has 1 heterocycles. The summed E-state index contributed by atoms with van der Waals surface area (Å²) in [6.07, 6.45) is 4.89. The standard InChI is InChI=1S/C14H17NOS/c1-2-3-9-13-10-17-14(15(13)11-16)12-7-5-4-6-8-12/h2,4-8,11,13-14H,1,3,9-10H2. The van der Waals surface area contributed by atoms with Gasteiger partial charge in [0.1, 0.15) is 5.37 Å². The maximum atomic E-state index is 11.3. The molecule has 0 bridgehead atoms. The average Bonchev–Trinajstić information content (AvgIpc) is 2.80. The van der Waals surface area contributed by atoms with Gasteiger partial charge in [-0.1, -0.05) is 36.4 Å². The van der Waals surface area contributed by atoms with Gasteiger partial charge >= 0.3 is 0 Å². The summed E-state index contributed by atoms with van der Waals surface area (Å²) in [6, 6.07) is 10.6. The Morgan fingerprint density at radius 2 is 2.18 bits per heavy atom. The van der Waals surface area contributed by atoms with E-state index < -0.39 is 0 Å². The lowest BCUT2D eigenvalue weighted by Crippen LogP contribution is -2.31. The molecule has 0 radical (unpaired) electrons. The van der Waals surface area contributed by atoms with Crippen LogP contribution in [0.25, 0.3) is 0 Å². The number of carbonyl (C=O) groups excluding carboxylic acids is 1. The molecular weight excluding hydrogens is 230 g/mol. The van der Waals surface area contributed by atoms with Crippen LogP contribution >= 0.6 is 11.8 Å². The number of thioether (sulfide) groups is 1. The molecule has 0 aromatic heterocycles. The highest BCUT2D eigenvalue weighted by Gasteiger charge is 2.33. The van der Waals surface area contributed by atoms with E-state index in [1.54, 1.807) is 0 Å². The van der Waals surface area contributed by atoms with Crippen molar-refractivity contribution in [3.63, 3.8) is 0 Å². The molecule has 2 rings (SSSR count). The molecule has 1 fully saturated rings. The lowest BCUT2D eigenvalue weighted by atomic mass is 10.1. The highest BCUT2D eigenvalue weighted by Crippen LogP contribution is 2.41. The van der Waals surface area contributed by atoms with Crippen molar-refractivity contribution < 1.29 is 4.79 Å². The van der Waals surface area contributed by atoms with Crippen molar-refractivity contribution in [2.75, 3.05) is 5.75 Å². The number of amides is 1. The van der Waals surface area contributed by atoms with E-state index in [4.69, 9.17) is 0 Å². The quantitative estimate of drug-likeness (QED) is 0.588. The normalized spacial score (nSPS) is 23.6. The van der Waals surface area contributed by atoms with Crippen molar-refractivity contribution in [2.24, 2.45) is 0 Å². The Balaban J connectivity index is 2.10. The van der Waals surface area contributed by atoms with Crippen LogP contribution in [-0.2, 0) is 4.79 Å². The minimum Gasteiger partial charge on any atom is -0.325 e. The first kappa shape index (κ1) is 12.2. The second kappa shape index (κ2) is 5.92. The molecule has 90 valence electrons. The van der Waals surface area contributed by atoms with Crippen molar-refractivity contribution in [2.45, 2.75) is 24.3 Å². The predicted octanol–water partition coefficient (Wildman–Crippen LogP) is 3.23. The number of nitrogens with zero attached hydrogens (tertiary/aromatic N) is 1. The molecule has 2 nitrogen and oxygen atoms in total. The van der Waals surface area contributed by atoms with Crippen LogP contribution in [0.5, 0.6) is 0 Å². The summed E-state index contributed by atoms with van der Waals surface area (Å²) in [5.74, 6) is 1.02. The fraction of sp³-hybridized carbons (Fsp3) is 0.357. The summed E-state index contributed by atoms with van der Waals surface area (Å²) in [6.45, 7) is 3.74. The van der Waals surface area contributed by atoms with Crippen LogP contribution in [0.3, 0.4) is 0 Å². The van der Waals surface area contributed by atoms with E-state index in [2.05, 4.69) is 18.7 Å². The summed E-state index contributed by atoms with van der Waals surface area (Å²) in [4.78, 5) is 13.2. The van der Waals surface area contributed by atoms with Gasteiger partial charge in [-0.05, 0) is 18.4 Å². The maximum absolute atomic E-state index is 11.3. The molecule has 1 aliphatic rings. The number of hydrogen-bond donors (Lipinski definition) is 0. The monoisotopic (exact) mass is 247 g/mol. The largest absolute Gasteiger partial charge is 0.325 e. The molecule has 0 aliphatic carbocycles. The minimum atomic E-state index is 0.184. The van der Waals surface area contributed by atoms with E-state index in [-0.39, 0.29) is 5.37 Å². The molecule has 1 aromatic rings. The van der Waals surface area contributed by atoms with Crippen molar-refractivity contribution in [3.8, 4) is 0 Å². The van der Waals surface area contributed by atoms with E-state index >= 15 is 0 Å². The first-order valence-electron chi connectivity index (χ1n) is 5.87. The molecule has 2 unspecified atom stereocenters. The van der Waals surface area contributed by atoms with Gasteiger partial charge in [0, 0.05) is 11.8 Å². The molecule has 2 atom stereocenters. The molecule has 1 aliphatic heterocycles. The summed E-state index contributed by atoms with van der Waals surface area (Å²) in [7, 11) is 0. The van der Waals surface area contributed by atoms with Crippen molar-refractivity contribution in [1.29, 1.82) is 0 Å². The Labute approximate surface area is 107 Å². The number of rotatable bonds is 5. The Bertz CT molecular complexity index is 379. The van der Waals surface area contributed by atoms with E-state index in [1.807, 2.05) is 40.9 Å². The topological polar surface area (TPSA) is 20.3 Å². The third-order valence-electron chi connectivity index (χ3n) is 3.05. The van der Waals surface area contributed by atoms with Crippen LogP contribution in [-0.4, -0.2) is 23.1 Å².